The van der Waals surface area contributed by atoms with Gasteiger partial charge in [0.2, 0.25) is 0 Å². The standard InChI is InChI=1S/C14H16N2OS/c1-10-13(12-9-15-7-8-18-12)14(16-17-10)11-5-3-2-4-6-11/h2-6,12,15H,7-9H2,1H3. The van der Waals surface area contributed by atoms with Crippen molar-refractivity contribution in [3.63, 3.8) is 0 Å². The van der Waals surface area contributed by atoms with E-state index in [1.165, 1.54) is 5.56 Å². The van der Waals surface area contributed by atoms with Crippen LogP contribution in [-0.2, 0) is 0 Å². The molecule has 3 nitrogen and oxygen atoms in total. The molecule has 1 N–H and O–H groups in total. The number of benzene rings is 1. The molecule has 0 radical (unpaired) electrons. The molecule has 4 heteroatoms. The van der Waals surface area contributed by atoms with E-state index in [4.69, 9.17) is 4.52 Å². The first-order valence-corrected chi connectivity index (χ1v) is 7.25. The van der Waals surface area contributed by atoms with Crippen molar-refractivity contribution in [2.45, 2.75) is 12.2 Å². The minimum absolute atomic E-state index is 0.445. The van der Waals surface area contributed by atoms with Crippen LogP contribution in [0.25, 0.3) is 11.3 Å². The van der Waals surface area contributed by atoms with Crippen LogP contribution in [0.15, 0.2) is 34.9 Å². The molecule has 1 fully saturated rings. The Kier molecular flexibility index (Phi) is 3.39. The van der Waals surface area contributed by atoms with Crippen LogP contribution in [0.4, 0.5) is 0 Å². The number of hydrogen-bond donors (Lipinski definition) is 1. The molecule has 94 valence electrons. The Hall–Kier alpha value is -1.26. The normalized spacial score (nSPS) is 19.9. The summed E-state index contributed by atoms with van der Waals surface area (Å²) in [4.78, 5) is 0. The van der Waals surface area contributed by atoms with Gasteiger partial charge in [0.15, 0.2) is 0 Å². The Balaban J connectivity index is 2.01. The first kappa shape index (κ1) is 11.8. The van der Waals surface area contributed by atoms with Crippen LogP contribution in [0.2, 0.25) is 0 Å². The summed E-state index contributed by atoms with van der Waals surface area (Å²) in [6, 6.07) is 10.3. The first-order valence-electron chi connectivity index (χ1n) is 6.20. The third-order valence-corrected chi connectivity index (χ3v) is 4.45. The number of hydrogen-bond acceptors (Lipinski definition) is 4. The van der Waals surface area contributed by atoms with E-state index in [0.29, 0.717) is 5.25 Å². The molecular formula is C14H16N2OS. The van der Waals surface area contributed by atoms with Crippen molar-refractivity contribution >= 4 is 11.8 Å². The molecule has 2 heterocycles. The van der Waals surface area contributed by atoms with Gasteiger partial charge < -0.3 is 9.84 Å². The quantitative estimate of drug-likeness (QED) is 0.900. The fourth-order valence-corrected chi connectivity index (χ4v) is 3.54. The maximum Gasteiger partial charge on any atom is 0.138 e. The highest BCUT2D eigenvalue weighted by Crippen LogP contribution is 2.38. The topological polar surface area (TPSA) is 38.1 Å². The lowest BCUT2D eigenvalue weighted by molar-refractivity contribution is 0.398. The van der Waals surface area contributed by atoms with E-state index in [-0.39, 0.29) is 0 Å². The summed E-state index contributed by atoms with van der Waals surface area (Å²) in [6.45, 7) is 4.09. The Labute approximate surface area is 111 Å². The maximum atomic E-state index is 5.41. The van der Waals surface area contributed by atoms with Gasteiger partial charge in [-0.2, -0.15) is 11.8 Å². The lowest BCUT2D eigenvalue weighted by Crippen LogP contribution is -2.28. The third-order valence-electron chi connectivity index (χ3n) is 3.21. The molecule has 1 atom stereocenters. The van der Waals surface area contributed by atoms with Gasteiger partial charge in [-0.1, -0.05) is 35.5 Å². The largest absolute Gasteiger partial charge is 0.361 e. The Morgan fingerprint density at radius 3 is 2.89 bits per heavy atom. The van der Waals surface area contributed by atoms with E-state index in [2.05, 4.69) is 22.6 Å². The molecule has 1 aliphatic heterocycles. The van der Waals surface area contributed by atoms with Crippen molar-refractivity contribution in [3.8, 4) is 11.3 Å². The monoisotopic (exact) mass is 260 g/mol. The summed E-state index contributed by atoms with van der Waals surface area (Å²) in [5.41, 5.74) is 3.38. The minimum atomic E-state index is 0.445. The second-order valence-electron chi connectivity index (χ2n) is 4.43. The molecule has 0 amide bonds. The fourth-order valence-electron chi connectivity index (χ4n) is 2.31. The molecule has 18 heavy (non-hydrogen) atoms. The Morgan fingerprint density at radius 1 is 1.33 bits per heavy atom. The average Bonchev–Trinajstić information content (AvgIpc) is 2.83. The highest BCUT2D eigenvalue weighted by molar-refractivity contribution is 7.99. The molecule has 1 saturated heterocycles. The van der Waals surface area contributed by atoms with Crippen LogP contribution >= 0.6 is 11.8 Å². The summed E-state index contributed by atoms with van der Waals surface area (Å²) in [6.07, 6.45) is 0. The van der Waals surface area contributed by atoms with E-state index in [0.717, 1.165) is 35.9 Å². The molecule has 0 saturated carbocycles. The molecule has 0 aliphatic carbocycles. The number of aryl methyl sites for hydroxylation is 1. The van der Waals surface area contributed by atoms with Crippen LogP contribution in [0, 0.1) is 6.92 Å². The zero-order valence-corrected chi connectivity index (χ0v) is 11.2. The molecule has 1 aromatic carbocycles. The van der Waals surface area contributed by atoms with Gasteiger partial charge in [-0.25, -0.2) is 0 Å². The number of rotatable bonds is 2. The number of aromatic nitrogens is 1. The van der Waals surface area contributed by atoms with Gasteiger partial charge in [0, 0.05) is 35.2 Å². The Morgan fingerprint density at radius 2 is 2.17 bits per heavy atom. The van der Waals surface area contributed by atoms with Gasteiger partial charge in [0.05, 0.1) is 0 Å². The molecule has 2 aromatic rings. The zero-order valence-electron chi connectivity index (χ0n) is 10.3. The fraction of sp³-hybridized carbons (Fsp3) is 0.357. The number of nitrogens with zero attached hydrogens (tertiary/aromatic N) is 1. The van der Waals surface area contributed by atoms with Gasteiger partial charge in [-0.05, 0) is 6.92 Å². The van der Waals surface area contributed by atoms with Crippen molar-refractivity contribution in [3.05, 3.63) is 41.7 Å². The van der Waals surface area contributed by atoms with Crippen molar-refractivity contribution in [2.75, 3.05) is 18.8 Å². The van der Waals surface area contributed by atoms with Crippen LogP contribution < -0.4 is 5.32 Å². The van der Waals surface area contributed by atoms with Gasteiger partial charge in [0.1, 0.15) is 11.5 Å². The number of thioether (sulfide) groups is 1. The summed E-state index contributed by atoms with van der Waals surface area (Å²) in [7, 11) is 0. The first-order chi connectivity index (χ1) is 8.86. The SMILES string of the molecule is Cc1onc(-c2ccccc2)c1C1CNCCS1. The summed E-state index contributed by atoms with van der Waals surface area (Å²) < 4.78 is 5.41. The molecule has 1 aromatic heterocycles. The molecule has 3 rings (SSSR count). The lowest BCUT2D eigenvalue weighted by atomic mass is 10.0. The zero-order chi connectivity index (χ0) is 12.4. The van der Waals surface area contributed by atoms with E-state index in [1.54, 1.807) is 0 Å². The van der Waals surface area contributed by atoms with E-state index in [9.17, 15) is 0 Å². The molecule has 1 aliphatic rings. The van der Waals surface area contributed by atoms with Crippen molar-refractivity contribution in [1.29, 1.82) is 0 Å². The minimum Gasteiger partial charge on any atom is -0.361 e. The van der Waals surface area contributed by atoms with Gasteiger partial charge in [-0.3, -0.25) is 0 Å². The second-order valence-corrected chi connectivity index (χ2v) is 5.74. The van der Waals surface area contributed by atoms with Crippen LogP contribution in [0.1, 0.15) is 16.6 Å². The summed E-state index contributed by atoms with van der Waals surface area (Å²) in [5.74, 6) is 2.08. The van der Waals surface area contributed by atoms with E-state index in [1.807, 2.05) is 36.9 Å². The molecule has 1 unspecified atom stereocenters. The highest BCUT2D eigenvalue weighted by Gasteiger charge is 2.25. The Bertz CT molecular complexity index is 518. The number of nitrogens with one attached hydrogen (secondary N) is 1. The van der Waals surface area contributed by atoms with Crippen molar-refractivity contribution in [2.24, 2.45) is 0 Å². The second kappa shape index (κ2) is 5.16. The van der Waals surface area contributed by atoms with Crippen molar-refractivity contribution < 1.29 is 4.52 Å². The lowest BCUT2D eigenvalue weighted by Gasteiger charge is -2.22. The van der Waals surface area contributed by atoms with Gasteiger partial charge in [0.25, 0.3) is 0 Å². The molecule has 0 spiro atoms. The van der Waals surface area contributed by atoms with Gasteiger partial charge in [-0.15, -0.1) is 0 Å². The molecule has 0 bridgehead atoms. The van der Waals surface area contributed by atoms with E-state index < -0.39 is 0 Å². The maximum absolute atomic E-state index is 5.41. The van der Waals surface area contributed by atoms with Crippen LogP contribution in [0.5, 0.6) is 0 Å². The summed E-state index contributed by atoms with van der Waals surface area (Å²) in [5, 5.41) is 8.13. The average molecular weight is 260 g/mol. The smallest absolute Gasteiger partial charge is 0.138 e. The molecular weight excluding hydrogens is 244 g/mol. The highest BCUT2D eigenvalue weighted by atomic mass is 32.2. The van der Waals surface area contributed by atoms with Gasteiger partial charge >= 0.3 is 0 Å². The van der Waals surface area contributed by atoms with Crippen LogP contribution in [-0.4, -0.2) is 24.0 Å². The third kappa shape index (κ3) is 2.18. The van der Waals surface area contributed by atoms with E-state index >= 15 is 0 Å². The van der Waals surface area contributed by atoms with Crippen molar-refractivity contribution in [1.82, 2.24) is 10.5 Å². The van der Waals surface area contributed by atoms with Crippen LogP contribution in [0.3, 0.4) is 0 Å². The predicted molar refractivity (Wildman–Crippen MR) is 74.7 cm³/mol. The predicted octanol–water partition coefficient (Wildman–Crippen LogP) is 3.03. The summed E-state index contributed by atoms with van der Waals surface area (Å²) >= 11 is 1.98.